The predicted octanol–water partition coefficient (Wildman–Crippen LogP) is 2.14. The van der Waals surface area contributed by atoms with E-state index in [1.165, 1.54) is 18.4 Å². The maximum Gasteiger partial charge on any atom is 0.0669 e. The molecule has 17 heavy (non-hydrogen) atoms. The number of hydrogen-bond donors (Lipinski definition) is 1. The summed E-state index contributed by atoms with van der Waals surface area (Å²) in [6, 6.07) is 8.25. The van der Waals surface area contributed by atoms with Crippen LogP contribution in [-0.2, 0) is 6.42 Å². The Labute approximate surface area is 103 Å². The fourth-order valence-corrected chi connectivity index (χ4v) is 2.58. The van der Waals surface area contributed by atoms with Crippen molar-refractivity contribution in [3.05, 3.63) is 29.3 Å². The molecule has 0 unspecified atom stereocenters. The Kier molecular flexibility index (Phi) is 3.65. The van der Waals surface area contributed by atoms with Gasteiger partial charge in [0, 0.05) is 5.69 Å². The molecule has 1 aliphatic heterocycles. The summed E-state index contributed by atoms with van der Waals surface area (Å²) in [6.45, 7) is 2.28. The SMILES string of the molecule is CN1CCC(c2ccc(N)cc2CC#N)CC1. The number of nitriles is 1. The number of nitrogens with zero attached hydrogens (tertiary/aromatic N) is 2. The molecule has 90 valence electrons. The van der Waals surface area contributed by atoms with Gasteiger partial charge in [0.05, 0.1) is 12.5 Å². The van der Waals surface area contributed by atoms with Gasteiger partial charge in [-0.05, 0) is 62.2 Å². The molecule has 0 radical (unpaired) electrons. The van der Waals surface area contributed by atoms with E-state index in [2.05, 4.69) is 24.1 Å². The van der Waals surface area contributed by atoms with Crippen LogP contribution in [0.5, 0.6) is 0 Å². The predicted molar refractivity (Wildman–Crippen MR) is 69.6 cm³/mol. The highest BCUT2D eigenvalue weighted by atomic mass is 15.1. The van der Waals surface area contributed by atoms with Gasteiger partial charge in [-0.1, -0.05) is 6.07 Å². The highest BCUT2D eigenvalue weighted by Crippen LogP contribution is 2.31. The molecule has 3 nitrogen and oxygen atoms in total. The van der Waals surface area contributed by atoms with Crippen LogP contribution in [0.25, 0.3) is 0 Å². The van der Waals surface area contributed by atoms with Crippen LogP contribution < -0.4 is 5.73 Å². The van der Waals surface area contributed by atoms with Crippen molar-refractivity contribution in [1.29, 1.82) is 5.26 Å². The van der Waals surface area contributed by atoms with E-state index in [1.807, 2.05) is 12.1 Å². The molecular formula is C14H19N3. The summed E-state index contributed by atoms with van der Waals surface area (Å²) in [5, 5.41) is 8.88. The number of nitrogen functional groups attached to an aromatic ring is 1. The van der Waals surface area contributed by atoms with Crippen LogP contribution in [0.15, 0.2) is 18.2 Å². The summed E-state index contributed by atoms with van der Waals surface area (Å²) in [7, 11) is 2.16. The Morgan fingerprint density at radius 1 is 1.41 bits per heavy atom. The second kappa shape index (κ2) is 5.20. The first-order valence-electron chi connectivity index (χ1n) is 6.14. The fourth-order valence-electron chi connectivity index (χ4n) is 2.58. The Bertz CT molecular complexity index is 426. The van der Waals surface area contributed by atoms with E-state index in [0.29, 0.717) is 12.3 Å². The molecule has 3 heteroatoms. The molecular weight excluding hydrogens is 210 g/mol. The first-order chi connectivity index (χ1) is 8.20. The lowest BCUT2D eigenvalue weighted by atomic mass is 9.85. The van der Waals surface area contributed by atoms with Crippen LogP contribution in [0.4, 0.5) is 5.69 Å². The van der Waals surface area contributed by atoms with E-state index in [9.17, 15) is 0 Å². The van der Waals surface area contributed by atoms with E-state index in [4.69, 9.17) is 11.0 Å². The van der Waals surface area contributed by atoms with Crippen molar-refractivity contribution in [2.24, 2.45) is 0 Å². The van der Waals surface area contributed by atoms with Crippen molar-refractivity contribution >= 4 is 5.69 Å². The number of piperidine rings is 1. The average Bonchev–Trinajstić information content (AvgIpc) is 2.31. The highest BCUT2D eigenvalue weighted by molar-refractivity contribution is 5.47. The highest BCUT2D eigenvalue weighted by Gasteiger charge is 2.20. The summed E-state index contributed by atoms with van der Waals surface area (Å²) < 4.78 is 0. The molecule has 0 spiro atoms. The Hall–Kier alpha value is -1.53. The van der Waals surface area contributed by atoms with Crippen molar-refractivity contribution in [1.82, 2.24) is 4.90 Å². The smallest absolute Gasteiger partial charge is 0.0669 e. The topological polar surface area (TPSA) is 53.0 Å². The molecule has 0 bridgehead atoms. The summed E-state index contributed by atoms with van der Waals surface area (Å²) in [5.41, 5.74) is 8.99. The maximum absolute atomic E-state index is 8.88. The van der Waals surface area contributed by atoms with Gasteiger partial charge in [-0.15, -0.1) is 0 Å². The summed E-state index contributed by atoms with van der Waals surface area (Å²) >= 11 is 0. The van der Waals surface area contributed by atoms with Gasteiger partial charge in [-0.25, -0.2) is 0 Å². The summed E-state index contributed by atoms with van der Waals surface area (Å²) in [4.78, 5) is 2.36. The van der Waals surface area contributed by atoms with Crippen molar-refractivity contribution in [2.75, 3.05) is 25.9 Å². The number of benzene rings is 1. The van der Waals surface area contributed by atoms with E-state index in [1.54, 1.807) is 0 Å². The van der Waals surface area contributed by atoms with Crippen LogP contribution in [0, 0.1) is 11.3 Å². The maximum atomic E-state index is 8.88. The molecule has 0 aromatic heterocycles. The molecule has 1 aromatic carbocycles. The molecule has 1 saturated heterocycles. The lowest BCUT2D eigenvalue weighted by Crippen LogP contribution is -2.29. The molecule has 2 N–H and O–H groups in total. The Morgan fingerprint density at radius 3 is 2.76 bits per heavy atom. The minimum absolute atomic E-state index is 0.465. The van der Waals surface area contributed by atoms with Crippen molar-refractivity contribution in [2.45, 2.75) is 25.2 Å². The van der Waals surface area contributed by atoms with Gasteiger partial charge in [0.15, 0.2) is 0 Å². The van der Waals surface area contributed by atoms with Gasteiger partial charge in [0.25, 0.3) is 0 Å². The molecule has 1 fully saturated rings. The minimum Gasteiger partial charge on any atom is -0.399 e. The summed E-state index contributed by atoms with van der Waals surface area (Å²) in [6.07, 6.45) is 2.82. The molecule has 0 amide bonds. The van der Waals surface area contributed by atoms with E-state index < -0.39 is 0 Å². The molecule has 2 rings (SSSR count). The standard InChI is InChI=1S/C14H19N3/c1-17-8-5-11(6-9-17)14-3-2-13(16)10-12(14)4-7-15/h2-3,10-11H,4-6,8-9,16H2,1H3. The monoisotopic (exact) mass is 229 g/mol. The van der Waals surface area contributed by atoms with Crippen LogP contribution in [0.1, 0.15) is 29.9 Å². The fraction of sp³-hybridized carbons (Fsp3) is 0.500. The first-order valence-corrected chi connectivity index (χ1v) is 6.14. The lowest BCUT2D eigenvalue weighted by molar-refractivity contribution is 0.255. The number of nitrogens with two attached hydrogens (primary N) is 1. The van der Waals surface area contributed by atoms with Gasteiger partial charge in [0.2, 0.25) is 0 Å². The minimum atomic E-state index is 0.465. The average molecular weight is 229 g/mol. The Morgan fingerprint density at radius 2 is 2.12 bits per heavy atom. The van der Waals surface area contributed by atoms with Crippen LogP contribution >= 0.6 is 0 Å². The zero-order valence-corrected chi connectivity index (χ0v) is 10.3. The largest absolute Gasteiger partial charge is 0.399 e. The van der Waals surface area contributed by atoms with Crippen molar-refractivity contribution in [3.63, 3.8) is 0 Å². The van der Waals surface area contributed by atoms with Gasteiger partial charge >= 0.3 is 0 Å². The second-order valence-corrected chi connectivity index (χ2v) is 4.87. The second-order valence-electron chi connectivity index (χ2n) is 4.87. The number of anilines is 1. The molecule has 1 aliphatic rings. The lowest BCUT2D eigenvalue weighted by Gasteiger charge is -2.30. The van der Waals surface area contributed by atoms with Gasteiger partial charge in [-0.3, -0.25) is 0 Å². The van der Waals surface area contributed by atoms with Gasteiger partial charge in [0.1, 0.15) is 0 Å². The third-order valence-electron chi connectivity index (χ3n) is 3.59. The number of likely N-dealkylation sites (tertiary alicyclic amines) is 1. The molecule has 0 aliphatic carbocycles. The molecule has 1 aromatic rings. The molecule has 0 atom stereocenters. The zero-order valence-electron chi connectivity index (χ0n) is 10.3. The summed E-state index contributed by atoms with van der Waals surface area (Å²) in [5.74, 6) is 0.593. The van der Waals surface area contributed by atoms with Crippen molar-refractivity contribution < 1.29 is 0 Å². The Balaban J connectivity index is 2.22. The van der Waals surface area contributed by atoms with E-state index in [0.717, 1.165) is 24.3 Å². The number of hydrogen-bond acceptors (Lipinski definition) is 3. The molecule has 1 heterocycles. The van der Waals surface area contributed by atoms with E-state index >= 15 is 0 Å². The molecule has 0 saturated carbocycles. The van der Waals surface area contributed by atoms with Crippen LogP contribution in [0.3, 0.4) is 0 Å². The zero-order chi connectivity index (χ0) is 12.3. The van der Waals surface area contributed by atoms with Crippen LogP contribution in [-0.4, -0.2) is 25.0 Å². The van der Waals surface area contributed by atoms with Gasteiger partial charge in [-0.2, -0.15) is 5.26 Å². The quantitative estimate of drug-likeness (QED) is 0.790. The first kappa shape index (κ1) is 11.9. The van der Waals surface area contributed by atoms with Gasteiger partial charge < -0.3 is 10.6 Å². The number of rotatable bonds is 2. The van der Waals surface area contributed by atoms with Crippen molar-refractivity contribution in [3.8, 4) is 6.07 Å². The van der Waals surface area contributed by atoms with E-state index in [-0.39, 0.29) is 0 Å². The third-order valence-corrected chi connectivity index (χ3v) is 3.59. The van der Waals surface area contributed by atoms with Crippen LogP contribution in [0.2, 0.25) is 0 Å². The normalized spacial score (nSPS) is 17.9. The third kappa shape index (κ3) is 2.78.